The number of nitrogens with zero attached hydrogens (tertiary/aromatic N) is 4. The normalized spacial score (nSPS) is 11.5. The van der Waals surface area contributed by atoms with E-state index in [9.17, 15) is 0 Å². The van der Waals surface area contributed by atoms with Crippen molar-refractivity contribution < 1.29 is 4.42 Å². The van der Waals surface area contributed by atoms with Gasteiger partial charge in [-0.05, 0) is 47.5 Å². The average molecular weight is 609 g/mol. The van der Waals surface area contributed by atoms with E-state index < -0.39 is 0 Å². The molecule has 0 aliphatic carbocycles. The summed E-state index contributed by atoms with van der Waals surface area (Å²) in [6.45, 7) is 0. The molecule has 6 aromatic carbocycles. The van der Waals surface area contributed by atoms with E-state index in [1.165, 1.54) is 0 Å². The van der Waals surface area contributed by atoms with Crippen LogP contribution in [0.1, 0.15) is 0 Å². The van der Waals surface area contributed by atoms with Crippen LogP contribution in [0.5, 0.6) is 0 Å². The van der Waals surface area contributed by atoms with Crippen LogP contribution in [-0.2, 0) is 0 Å². The molecule has 216 valence electrons. The minimum atomic E-state index is 0.626. The molecule has 6 heteroatoms. The maximum absolute atomic E-state index is 6.23. The Morgan fingerprint density at radius 3 is 1.80 bits per heavy atom. The SMILES string of the molecule is c1ccc(-c2cccc(-c3nc(-c4ccccc4)nc(-c4cccc5c4sc4cc6nc(-c7ccccc7)oc6cc45)n3)c2)cc1. The van der Waals surface area contributed by atoms with Gasteiger partial charge in [0.2, 0.25) is 5.89 Å². The van der Waals surface area contributed by atoms with E-state index in [0.717, 1.165) is 64.7 Å². The largest absolute Gasteiger partial charge is 0.436 e. The molecule has 5 nitrogen and oxygen atoms in total. The molecule has 0 aliphatic rings. The molecule has 3 heterocycles. The van der Waals surface area contributed by atoms with Gasteiger partial charge < -0.3 is 4.42 Å². The molecule has 0 unspecified atom stereocenters. The molecular weight excluding hydrogens is 585 g/mol. The standard InChI is InChI=1S/C40H24N4OS/c1-4-12-25(13-5-1)28-18-10-19-29(22-28)38-42-37(26-14-6-2-7-15-26)43-39(44-38)31-21-11-20-30-32-23-34-33(24-35(32)46-36(30)31)41-40(45-34)27-16-8-3-9-17-27/h1-24H. The quantitative estimate of drug-likeness (QED) is 0.194. The van der Waals surface area contributed by atoms with Crippen LogP contribution in [-0.4, -0.2) is 19.9 Å². The molecule has 0 atom stereocenters. The third-order valence-corrected chi connectivity index (χ3v) is 9.37. The molecule has 9 rings (SSSR count). The first-order valence-electron chi connectivity index (χ1n) is 15.1. The van der Waals surface area contributed by atoms with Gasteiger partial charge >= 0.3 is 0 Å². The Bertz CT molecular complexity index is 2520. The predicted molar refractivity (Wildman–Crippen MR) is 187 cm³/mol. The Morgan fingerprint density at radius 2 is 1.04 bits per heavy atom. The molecule has 0 amide bonds. The van der Waals surface area contributed by atoms with E-state index in [1.807, 2.05) is 66.7 Å². The first-order valence-corrected chi connectivity index (χ1v) is 15.9. The summed E-state index contributed by atoms with van der Waals surface area (Å²) in [5.41, 5.74) is 7.67. The van der Waals surface area contributed by atoms with Crippen molar-refractivity contribution >= 4 is 42.6 Å². The lowest BCUT2D eigenvalue weighted by Crippen LogP contribution is -2.00. The number of oxazole rings is 1. The highest BCUT2D eigenvalue weighted by atomic mass is 32.1. The maximum atomic E-state index is 6.23. The Balaban J connectivity index is 1.21. The third-order valence-electron chi connectivity index (χ3n) is 8.16. The molecule has 0 spiro atoms. The van der Waals surface area contributed by atoms with Crippen LogP contribution in [0.15, 0.2) is 150 Å². The first kappa shape index (κ1) is 26.4. The maximum Gasteiger partial charge on any atom is 0.227 e. The second-order valence-electron chi connectivity index (χ2n) is 11.1. The fourth-order valence-corrected chi connectivity index (χ4v) is 7.14. The highest BCUT2D eigenvalue weighted by molar-refractivity contribution is 7.26. The average Bonchev–Trinajstić information content (AvgIpc) is 3.72. The van der Waals surface area contributed by atoms with Crippen LogP contribution < -0.4 is 0 Å². The van der Waals surface area contributed by atoms with Gasteiger partial charge in [-0.2, -0.15) is 0 Å². The van der Waals surface area contributed by atoms with Gasteiger partial charge in [-0.1, -0.05) is 109 Å². The van der Waals surface area contributed by atoms with Crippen molar-refractivity contribution in [2.75, 3.05) is 0 Å². The van der Waals surface area contributed by atoms with Crippen LogP contribution in [0.25, 0.3) is 88.0 Å². The van der Waals surface area contributed by atoms with Crippen molar-refractivity contribution in [2.45, 2.75) is 0 Å². The summed E-state index contributed by atoms with van der Waals surface area (Å²) in [4.78, 5) is 19.9. The molecule has 0 radical (unpaired) electrons. The van der Waals surface area contributed by atoms with Crippen LogP contribution >= 0.6 is 11.3 Å². The summed E-state index contributed by atoms with van der Waals surface area (Å²) in [6.07, 6.45) is 0. The lowest BCUT2D eigenvalue weighted by Gasteiger charge is -2.10. The Kier molecular flexibility index (Phi) is 6.25. The minimum absolute atomic E-state index is 0.626. The number of benzene rings is 6. The summed E-state index contributed by atoms with van der Waals surface area (Å²) < 4.78 is 8.48. The Morgan fingerprint density at radius 1 is 0.435 bits per heavy atom. The topological polar surface area (TPSA) is 64.7 Å². The van der Waals surface area contributed by atoms with Gasteiger partial charge in [0.1, 0.15) is 5.52 Å². The van der Waals surface area contributed by atoms with Gasteiger partial charge in [0.05, 0.1) is 0 Å². The van der Waals surface area contributed by atoms with Crippen molar-refractivity contribution in [3.05, 3.63) is 146 Å². The molecule has 0 N–H and O–H groups in total. The molecule has 3 aromatic heterocycles. The van der Waals surface area contributed by atoms with Crippen LogP contribution in [0.3, 0.4) is 0 Å². The zero-order valence-corrected chi connectivity index (χ0v) is 25.3. The molecule has 0 aliphatic heterocycles. The third kappa shape index (κ3) is 4.64. The molecule has 0 bridgehead atoms. The van der Waals surface area contributed by atoms with Crippen molar-refractivity contribution in [2.24, 2.45) is 0 Å². The van der Waals surface area contributed by atoms with Gasteiger partial charge in [-0.15, -0.1) is 11.3 Å². The first-order chi connectivity index (χ1) is 22.8. The van der Waals surface area contributed by atoms with E-state index in [2.05, 4.69) is 78.9 Å². The van der Waals surface area contributed by atoms with E-state index in [1.54, 1.807) is 11.3 Å². The van der Waals surface area contributed by atoms with E-state index in [0.29, 0.717) is 23.4 Å². The number of thiophene rings is 1. The number of fused-ring (bicyclic) bond motifs is 4. The number of hydrogen-bond acceptors (Lipinski definition) is 6. The van der Waals surface area contributed by atoms with Gasteiger partial charge in [-0.25, -0.2) is 19.9 Å². The van der Waals surface area contributed by atoms with Crippen LogP contribution in [0.2, 0.25) is 0 Å². The smallest absolute Gasteiger partial charge is 0.227 e. The summed E-state index contributed by atoms with van der Waals surface area (Å²) in [5, 5.41) is 2.25. The monoisotopic (exact) mass is 608 g/mol. The summed E-state index contributed by atoms with van der Waals surface area (Å²) in [6, 6.07) is 49.4. The number of hydrogen-bond donors (Lipinski definition) is 0. The van der Waals surface area contributed by atoms with Crippen LogP contribution in [0, 0.1) is 0 Å². The van der Waals surface area contributed by atoms with Crippen molar-refractivity contribution in [1.82, 2.24) is 19.9 Å². The molecule has 0 fully saturated rings. The second kappa shape index (κ2) is 10.9. The van der Waals surface area contributed by atoms with Crippen molar-refractivity contribution in [3.63, 3.8) is 0 Å². The number of aromatic nitrogens is 4. The lowest BCUT2D eigenvalue weighted by atomic mass is 10.0. The Labute approximate surface area is 268 Å². The van der Waals surface area contributed by atoms with Crippen molar-refractivity contribution in [1.29, 1.82) is 0 Å². The summed E-state index contributed by atoms with van der Waals surface area (Å²) >= 11 is 1.72. The second-order valence-corrected chi connectivity index (χ2v) is 12.2. The summed E-state index contributed by atoms with van der Waals surface area (Å²) in [7, 11) is 0. The fourth-order valence-electron chi connectivity index (χ4n) is 5.91. The summed E-state index contributed by atoms with van der Waals surface area (Å²) in [5.74, 6) is 2.54. The van der Waals surface area contributed by atoms with E-state index in [4.69, 9.17) is 24.4 Å². The van der Waals surface area contributed by atoms with Gasteiger partial charge in [0.25, 0.3) is 0 Å². The zero-order valence-electron chi connectivity index (χ0n) is 24.5. The lowest BCUT2D eigenvalue weighted by molar-refractivity contribution is 0.620. The Hall–Kier alpha value is -5.98. The van der Waals surface area contributed by atoms with Gasteiger partial charge in [-0.3, -0.25) is 0 Å². The number of rotatable bonds is 5. The highest BCUT2D eigenvalue weighted by Crippen LogP contribution is 2.42. The molecule has 0 saturated carbocycles. The van der Waals surface area contributed by atoms with Crippen molar-refractivity contribution in [3.8, 4) is 56.7 Å². The molecular formula is C40H24N4OS. The van der Waals surface area contributed by atoms with Gasteiger partial charge in [0.15, 0.2) is 23.1 Å². The molecule has 0 saturated heterocycles. The molecule has 46 heavy (non-hydrogen) atoms. The van der Waals surface area contributed by atoms with E-state index >= 15 is 0 Å². The van der Waals surface area contributed by atoms with Gasteiger partial charge in [0, 0.05) is 42.4 Å². The highest BCUT2D eigenvalue weighted by Gasteiger charge is 2.18. The minimum Gasteiger partial charge on any atom is -0.436 e. The molecule has 9 aromatic rings. The predicted octanol–water partition coefficient (Wildman–Crippen LogP) is 10.7. The zero-order chi connectivity index (χ0) is 30.5. The van der Waals surface area contributed by atoms with E-state index in [-0.39, 0.29) is 0 Å². The van der Waals surface area contributed by atoms with Crippen LogP contribution in [0.4, 0.5) is 0 Å². The fraction of sp³-hybridized carbons (Fsp3) is 0.